The molecule has 0 aliphatic rings. The standard InChI is InChI=1S/C21H23BrClN3O4/c1-12(2)8-17(25-20(28)14-4-6-15(23)7-5-14)21(29)26-24-11-13-9-16(22)19(27)18(10-13)30-3/h4-7,9-12,17,27H,8H2,1-3H3,(H,25,28)(H,26,29). The molecule has 0 aromatic heterocycles. The number of nitrogens with zero attached hydrogens (tertiary/aromatic N) is 1. The lowest BCUT2D eigenvalue weighted by Crippen LogP contribution is -2.46. The van der Waals surface area contributed by atoms with E-state index in [0.29, 0.717) is 27.0 Å². The van der Waals surface area contributed by atoms with E-state index in [0.717, 1.165) is 0 Å². The fraction of sp³-hybridized carbons (Fsp3) is 0.286. The Labute approximate surface area is 188 Å². The summed E-state index contributed by atoms with van der Waals surface area (Å²) in [5.74, 6) is -0.394. The summed E-state index contributed by atoms with van der Waals surface area (Å²) in [5, 5.41) is 17.1. The van der Waals surface area contributed by atoms with E-state index in [1.807, 2.05) is 13.8 Å². The smallest absolute Gasteiger partial charge is 0.262 e. The van der Waals surface area contributed by atoms with E-state index in [1.165, 1.54) is 13.3 Å². The van der Waals surface area contributed by atoms with E-state index in [-0.39, 0.29) is 23.3 Å². The van der Waals surface area contributed by atoms with Crippen molar-refractivity contribution in [3.63, 3.8) is 0 Å². The quantitative estimate of drug-likeness (QED) is 0.378. The molecule has 0 spiro atoms. The molecule has 0 fully saturated rings. The van der Waals surface area contributed by atoms with E-state index in [1.54, 1.807) is 36.4 Å². The van der Waals surface area contributed by atoms with E-state index in [2.05, 4.69) is 31.8 Å². The highest BCUT2D eigenvalue weighted by Gasteiger charge is 2.22. The molecule has 0 heterocycles. The zero-order chi connectivity index (χ0) is 22.3. The van der Waals surface area contributed by atoms with Crippen LogP contribution in [0, 0.1) is 5.92 Å². The second-order valence-electron chi connectivity index (χ2n) is 6.95. The highest BCUT2D eigenvalue weighted by Crippen LogP contribution is 2.34. The number of aromatic hydroxyl groups is 1. The fourth-order valence-corrected chi connectivity index (χ4v) is 3.20. The van der Waals surface area contributed by atoms with Gasteiger partial charge in [-0.05, 0) is 70.2 Å². The second kappa shape index (κ2) is 11.0. The van der Waals surface area contributed by atoms with Crippen LogP contribution in [-0.2, 0) is 4.79 Å². The van der Waals surface area contributed by atoms with Crippen molar-refractivity contribution in [2.75, 3.05) is 7.11 Å². The summed E-state index contributed by atoms with van der Waals surface area (Å²) >= 11 is 9.08. The minimum Gasteiger partial charge on any atom is -0.503 e. The molecule has 0 saturated heterocycles. The van der Waals surface area contributed by atoms with Crippen LogP contribution in [0.1, 0.15) is 36.2 Å². The average molecular weight is 497 g/mol. The molecule has 3 N–H and O–H groups in total. The number of hydrogen-bond acceptors (Lipinski definition) is 5. The van der Waals surface area contributed by atoms with Crippen molar-refractivity contribution >= 4 is 45.6 Å². The lowest BCUT2D eigenvalue weighted by Gasteiger charge is -2.19. The topological polar surface area (TPSA) is 100 Å². The van der Waals surface area contributed by atoms with Gasteiger partial charge in [0, 0.05) is 10.6 Å². The Morgan fingerprint density at radius 3 is 2.53 bits per heavy atom. The van der Waals surface area contributed by atoms with Gasteiger partial charge in [0.05, 0.1) is 17.8 Å². The summed E-state index contributed by atoms with van der Waals surface area (Å²) in [4.78, 5) is 25.1. The Hall–Kier alpha value is -2.58. The number of phenolic OH excluding ortho intramolecular Hbond substituents is 1. The largest absolute Gasteiger partial charge is 0.503 e. The van der Waals surface area contributed by atoms with Crippen LogP contribution in [0.3, 0.4) is 0 Å². The summed E-state index contributed by atoms with van der Waals surface area (Å²) in [6.07, 6.45) is 1.86. The van der Waals surface area contributed by atoms with Crippen molar-refractivity contribution in [2.45, 2.75) is 26.3 Å². The molecule has 30 heavy (non-hydrogen) atoms. The number of methoxy groups -OCH3 is 1. The number of hydrazone groups is 1. The number of halogens is 2. The van der Waals surface area contributed by atoms with Crippen LogP contribution in [0.15, 0.2) is 46.0 Å². The zero-order valence-electron chi connectivity index (χ0n) is 16.8. The van der Waals surface area contributed by atoms with Crippen LogP contribution < -0.4 is 15.5 Å². The van der Waals surface area contributed by atoms with E-state index >= 15 is 0 Å². The zero-order valence-corrected chi connectivity index (χ0v) is 19.1. The highest BCUT2D eigenvalue weighted by atomic mass is 79.9. The molecule has 0 aliphatic carbocycles. The summed E-state index contributed by atoms with van der Waals surface area (Å²) < 4.78 is 5.52. The maximum absolute atomic E-state index is 12.6. The first-order valence-electron chi connectivity index (χ1n) is 9.17. The first-order valence-corrected chi connectivity index (χ1v) is 10.3. The molecule has 2 aromatic rings. The van der Waals surface area contributed by atoms with Crippen molar-refractivity contribution < 1.29 is 19.4 Å². The molecule has 7 nitrogen and oxygen atoms in total. The summed E-state index contributed by atoms with van der Waals surface area (Å²) in [6.45, 7) is 3.91. The van der Waals surface area contributed by atoms with Crippen molar-refractivity contribution in [1.82, 2.24) is 10.7 Å². The lowest BCUT2D eigenvalue weighted by molar-refractivity contribution is -0.123. The van der Waals surface area contributed by atoms with Gasteiger partial charge in [-0.1, -0.05) is 25.4 Å². The number of nitrogens with one attached hydrogen (secondary N) is 2. The molecule has 160 valence electrons. The predicted octanol–water partition coefficient (Wildman–Crippen LogP) is 4.11. The summed E-state index contributed by atoms with van der Waals surface area (Å²) in [6, 6.07) is 8.86. The Morgan fingerprint density at radius 1 is 1.27 bits per heavy atom. The van der Waals surface area contributed by atoms with Crippen molar-refractivity contribution in [1.29, 1.82) is 0 Å². The predicted molar refractivity (Wildman–Crippen MR) is 120 cm³/mol. The Kier molecular flexibility index (Phi) is 8.68. The first kappa shape index (κ1) is 23.7. The van der Waals surface area contributed by atoms with E-state index in [9.17, 15) is 14.7 Å². The summed E-state index contributed by atoms with van der Waals surface area (Å²) in [5.41, 5.74) is 3.46. The number of phenols is 1. The number of carbonyl (C=O) groups excluding carboxylic acids is 2. The van der Waals surface area contributed by atoms with E-state index in [4.69, 9.17) is 16.3 Å². The van der Waals surface area contributed by atoms with Gasteiger partial charge in [-0.2, -0.15) is 5.10 Å². The number of carbonyl (C=O) groups is 2. The van der Waals surface area contributed by atoms with Crippen molar-refractivity contribution in [2.24, 2.45) is 11.0 Å². The van der Waals surface area contributed by atoms with Crippen molar-refractivity contribution in [3.8, 4) is 11.5 Å². The Bertz CT molecular complexity index is 933. The van der Waals surface area contributed by atoms with Crippen LogP contribution in [-0.4, -0.2) is 36.3 Å². The first-order chi connectivity index (χ1) is 14.2. The van der Waals surface area contributed by atoms with E-state index < -0.39 is 11.9 Å². The lowest BCUT2D eigenvalue weighted by atomic mass is 10.0. The maximum Gasteiger partial charge on any atom is 0.262 e. The minimum atomic E-state index is -0.758. The van der Waals surface area contributed by atoms with Crippen LogP contribution in [0.2, 0.25) is 5.02 Å². The normalized spacial score (nSPS) is 12.1. The fourth-order valence-electron chi connectivity index (χ4n) is 2.62. The van der Waals surface area contributed by atoms with Gasteiger partial charge in [0.15, 0.2) is 11.5 Å². The number of hydrogen-bond donors (Lipinski definition) is 3. The van der Waals surface area contributed by atoms with Gasteiger partial charge in [0.2, 0.25) is 0 Å². The third kappa shape index (κ3) is 6.74. The van der Waals surface area contributed by atoms with Crippen LogP contribution >= 0.6 is 27.5 Å². The second-order valence-corrected chi connectivity index (χ2v) is 8.24. The third-order valence-electron chi connectivity index (χ3n) is 4.09. The molecule has 0 radical (unpaired) electrons. The van der Waals surface area contributed by atoms with Gasteiger partial charge < -0.3 is 15.2 Å². The monoisotopic (exact) mass is 495 g/mol. The number of benzene rings is 2. The van der Waals surface area contributed by atoms with Crippen LogP contribution in [0.4, 0.5) is 0 Å². The van der Waals surface area contributed by atoms with Gasteiger partial charge in [-0.25, -0.2) is 5.43 Å². The Balaban J connectivity index is 2.08. The Morgan fingerprint density at radius 2 is 1.93 bits per heavy atom. The third-order valence-corrected chi connectivity index (χ3v) is 4.95. The van der Waals surface area contributed by atoms with Gasteiger partial charge in [0.1, 0.15) is 6.04 Å². The molecule has 0 bridgehead atoms. The average Bonchev–Trinajstić information content (AvgIpc) is 2.69. The van der Waals surface area contributed by atoms with Gasteiger partial charge >= 0.3 is 0 Å². The van der Waals surface area contributed by atoms with Crippen LogP contribution in [0.5, 0.6) is 11.5 Å². The number of ether oxygens (including phenoxy) is 1. The molecule has 2 aromatic carbocycles. The molecule has 0 aliphatic heterocycles. The molecule has 2 amide bonds. The molecule has 2 rings (SSSR count). The molecule has 1 atom stereocenters. The van der Waals surface area contributed by atoms with Crippen molar-refractivity contribution in [3.05, 3.63) is 57.0 Å². The molecule has 1 unspecified atom stereocenters. The molecule has 0 saturated carbocycles. The summed E-state index contributed by atoms with van der Waals surface area (Å²) in [7, 11) is 1.43. The van der Waals surface area contributed by atoms with Crippen LogP contribution in [0.25, 0.3) is 0 Å². The molecular weight excluding hydrogens is 474 g/mol. The SMILES string of the molecule is COc1cc(C=NNC(=O)C(CC(C)C)NC(=O)c2ccc(Cl)cc2)cc(Br)c1O. The molecule has 9 heteroatoms. The van der Waals surface area contributed by atoms with Gasteiger partial charge in [0.25, 0.3) is 11.8 Å². The number of rotatable bonds is 8. The van der Waals surface area contributed by atoms with Gasteiger partial charge in [-0.3, -0.25) is 9.59 Å². The maximum atomic E-state index is 12.6. The van der Waals surface area contributed by atoms with Gasteiger partial charge in [-0.15, -0.1) is 0 Å². The highest BCUT2D eigenvalue weighted by molar-refractivity contribution is 9.10. The number of amides is 2. The minimum absolute atomic E-state index is 0.0272. The molecular formula is C21H23BrClN3O4.